The number of carbonyl (C=O) groups excluding carboxylic acids is 2. The van der Waals surface area contributed by atoms with Gasteiger partial charge in [-0.1, -0.05) is 30.3 Å². The van der Waals surface area contributed by atoms with E-state index in [1.807, 2.05) is 18.2 Å². The highest BCUT2D eigenvalue weighted by Gasteiger charge is 2.24. The molecule has 1 aliphatic heterocycles. The quantitative estimate of drug-likeness (QED) is 0.832. The molecule has 6 nitrogen and oxygen atoms in total. The lowest BCUT2D eigenvalue weighted by Gasteiger charge is -2.36. The van der Waals surface area contributed by atoms with Gasteiger partial charge >= 0.3 is 6.03 Å². The molecule has 0 bridgehead atoms. The minimum atomic E-state index is -0.653. The Balaban J connectivity index is 1.42. The molecule has 1 saturated heterocycles. The zero-order valence-electron chi connectivity index (χ0n) is 15.9. The van der Waals surface area contributed by atoms with Gasteiger partial charge < -0.3 is 20.4 Å². The van der Waals surface area contributed by atoms with E-state index in [9.17, 15) is 14.0 Å². The van der Waals surface area contributed by atoms with Crippen LogP contribution in [0.4, 0.5) is 14.9 Å². The van der Waals surface area contributed by atoms with Crippen molar-refractivity contribution in [1.82, 2.24) is 15.5 Å². The van der Waals surface area contributed by atoms with Crippen LogP contribution in [0.25, 0.3) is 0 Å². The molecule has 1 fully saturated rings. The molecule has 0 radical (unpaired) electrons. The summed E-state index contributed by atoms with van der Waals surface area (Å²) in [5.74, 6) is -0.594. The number of urea groups is 1. The third-order valence-corrected chi connectivity index (χ3v) is 4.80. The molecule has 3 amide bonds. The van der Waals surface area contributed by atoms with Crippen LogP contribution in [0.15, 0.2) is 54.6 Å². The maximum atomic E-state index is 12.9. The Hall–Kier alpha value is -3.09. The molecule has 0 spiro atoms. The number of para-hydroxylation sites is 1. The summed E-state index contributed by atoms with van der Waals surface area (Å²) in [5, 5.41) is 5.50. The second-order valence-corrected chi connectivity index (χ2v) is 6.83. The number of anilines is 1. The van der Waals surface area contributed by atoms with Gasteiger partial charge in [0.05, 0.1) is 0 Å². The fourth-order valence-electron chi connectivity index (χ4n) is 3.09. The summed E-state index contributed by atoms with van der Waals surface area (Å²) in [6.45, 7) is 4.65. The van der Waals surface area contributed by atoms with Gasteiger partial charge in [0.25, 0.3) is 0 Å². The summed E-state index contributed by atoms with van der Waals surface area (Å²) in [6, 6.07) is 15.1. The number of rotatable bonds is 5. The minimum Gasteiger partial charge on any atom is -0.368 e. The van der Waals surface area contributed by atoms with Crippen molar-refractivity contribution in [2.45, 2.75) is 19.5 Å². The predicted octanol–water partition coefficient (Wildman–Crippen LogP) is 2.36. The van der Waals surface area contributed by atoms with Crippen molar-refractivity contribution in [1.29, 1.82) is 0 Å². The number of nitrogens with zero attached hydrogens (tertiary/aromatic N) is 2. The Morgan fingerprint density at radius 2 is 1.64 bits per heavy atom. The van der Waals surface area contributed by atoms with Crippen LogP contribution in [0, 0.1) is 5.82 Å². The topological polar surface area (TPSA) is 64.7 Å². The largest absolute Gasteiger partial charge is 0.368 e. The van der Waals surface area contributed by atoms with Gasteiger partial charge in [0.15, 0.2) is 0 Å². The normalized spacial score (nSPS) is 15.1. The molecule has 2 aromatic carbocycles. The number of hydrogen-bond donors (Lipinski definition) is 2. The lowest BCUT2D eigenvalue weighted by molar-refractivity contribution is -0.122. The Labute approximate surface area is 164 Å². The van der Waals surface area contributed by atoms with Crippen molar-refractivity contribution < 1.29 is 14.0 Å². The third-order valence-electron chi connectivity index (χ3n) is 4.80. The molecule has 1 aliphatic rings. The Morgan fingerprint density at radius 3 is 2.29 bits per heavy atom. The first-order valence-corrected chi connectivity index (χ1v) is 9.40. The van der Waals surface area contributed by atoms with Crippen LogP contribution in [-0.4, -0.2) is 49.1 Å². The fourth-order valence-corrected chi connectivity index (χ4v) is 3.09. The Bertz CT molecular complexity index is 790. The number of hydrogen-bond acceptors (Lipinski definition) is 3. The Morgan fingerprint density at radius 1 is 1.00 bits per heavy atom. The summed E-state index contributed by atoms with van der Waals surface area (Å²) < 4.78 is 12.9. The van der Waals surface area contributed by atoms with Crippen LogP contribution in [0.5, 0.6) is 0 Å². The smallest absolute Gasteiger partial charge is 0.318 e. The van der Waals surface area contributed by atoms with Gasteiger partial charge in [-0.3, -0.25) is 4.79 Å². The average Bonchev–Trinajstić information content (AvgIpc) is 2.73. The molecule has 2 N–H and O–H groups in total. The van der Waals surface area contributed by atoms with Gasteiger partial charge in [-0.2, -0.15) is 0 Å². The van der Waals surface area contributed by atoms with Crippen LogP contribution in [0.1, 0.15) is 12.5 Å². The minimum absolute atomic E-state index is 0.239. The maximum Gasteiger partial charge on any atom is 0.318 e. The zero-order valence-corrected chi connectivity index (χ0v) is 15.9. The number of piperazine rings is 1. The summed E-state index contributed by atoms with van der Waals surface area (Å²) in [7, 11) is 0. The lowest BCUT2D eigenvalue weighted by Crippen LogP contribution is -2.55. The molecule has 7 heteroatoms. The number of benzene rings is 2. The van der Waals surface area contributed by atoms with Crippen molar-refractivity contribution in [2.75, 3.05) is 31.1 Å². The highest BCUT2D eigenvalue weighted by atomic mass is 19.1. The predicted molar refractivity (Wildman–Crippen MR) is 106 cm³/mol. The molecule has 0 unspecified atom stereocenters. The molecular formula is C21H25FN4O2. The molecule has 148 valence electrons. The lowest BCUT2D eigenvalue weighted by atomic mass is 10.2. The van der Waals surface area contributed by atoms with Crippen LogP contribution < -0.4 is 15.5 Å². The van der Waals surface area contributed by atoms with Gasteiger partial charge in [-0.25, -0.2) is 9.18 Å². The van der Waals surface area contributed by atoms with Crippen LogP contribution in [-0.2, 0) is 11.3 Å². The summed E-state index contributed by atoms with van der Waals surface area (Å²) in [5.41, 5.74) is 1.95. The molecule has 28 heavy (non-hydrogen) atoms. The van der Waals surface area contributed by atoms with Gasteiger partial charge in [-0.05, 0) is 36.8 Å². The SMILES string of the molecule is C[C@@H](NC(=O)N1CCN(c2ccccc2)CC1)C(=O)NCc1ccc(F)cc1. The molecule has 0 aliphatic carbocycles. The van der Waals surface area contributed by atoms with E-state index in [1.165, 1.54) is 12.1 Å². The molecular weight excluding hydrogens is 359 g/mol. The molecule has 1 heterocycles. The molecule has 3 rings (SSSR count). The molecule has 2 aromatic rings. The summed E-state index contributed by atoms with van der Waals surface area (Å²) in [4.78, 5) is 28.6. The van der Waals surface area contributed by atoms with Gasteiger partial charge in [0, 0.05) is 38.4 Å². The molecule has 0 saturated carbocycles. The summed E-state index contributed by atoms with van der Waals surface area (Å²) >= 11 is 0. The van der Waals surface area contributed by atoms with E-state index in [1.54, 1.807) is 24.0 Å². The second-order valence-electron chi connectivity index (χ2n) is 6.83. The van der Waals surface area contributed by atoms with E-state index in [2.05, 4.69) is 27.7 Å². The summed E-state index contributed by atoms with van der Waals surface area (Å²) in [6.07, 6.45) is 0. The maximum absolute atomic E-state index is 12.9. The van der Waals surface area contributed by atoms with Crippen molar-refractivity contribution in [2.24, 2.45) is 0 Å². The van der Waals surface area contributed by atoms with Crippen molar-refractivity contribution in [3.05, 3.63) is 66.0 Å². The number of amides is 3. The van der Waals surface area contributed by atoms with E-state index in [-0.39, 0.29) is 24.3 Å². The molecule has 1 atom stereocenters. The first-order valence-electron chi connectivity index (χ1n) is 9.40. The fraction of sp³-hybridized carbons (Fsp3) is 0.333. The van der Waals surface area contributed by atoms with Crippen molar-refractivity contribution in [3.8, 4) is 0 Å². The standard InChI is InChI=1S/C21H25FN4O2/c1-16(20(27)23-15-17-7-9-18(22)10-8-17)24-21(28)26-13-11-25(12-14-26)19-5-3-2-4-6-19/h2-10,16H,11-15H2,1H3,(H,23,27)(H,24,28)/t16-/m1/s1. The first-order chi connectivity index (χ1) is 13.5. The number of carbonyl (C=O) groups is 2. The van der Waals surface area contributed by atoms with Gasteiger partial charge in [-0.15, -0.1) is 0 Å². The zero-order chi connectivity index (χ0) is 19.9. The van der Waals surface area contributed by atoms with Crippen molar-refractivity contribution >= 4 is 17.6 Å². The van der Waals surface area contributed by atoms with E-state index in [4.69, 9.17) is 0 Å². The van der Waals surface area contributed by atoms with Gasteiger partial charge in [0.1, 0.15) is 11.9 Å². The van der Waals surface area contributed by atoms with E-state index < -0.39 is 6.04 Å². The molecule has 0 aromatic heterocycles. The number of halogens is 1. The van der Waals surface area contributed by atoms with Crippen LogP contribution >= 0.6 is 0 Å². The highest BCUT2D eigenvalue weighted by molar-refractivity contribution is 5.86. The van der Waals surface area contributed by atoms with E-state index in [0.717, 1.165) is 24.3 Å². The second kappa shape index (κ2) is 9.21. The van der Waals surface area contributed by atoms with Crippen molar-refractivity contribution in [3.63, 3.8) is 0 Å². The van der Waals surface area contributed by atoms with Crippen LogP contribution in [0.2, 0.25) is 0 Å². The first kappa shape index (κ1) is 19.7. The van der Waals surface area contributed by atoms with E-state index >= 15 is 0 Å². The Kier molecular flexibility index (Phi) is 6.47. The highest BCUT2D eigenvalue weighted by Crippen LogP contribution is 2.15. The average molecular weight is 384 g/mol. The third kappa shape index (κ3) is 5.22. The number of nitrogens with one attached hydrogen (secondary N) is 2. The monoisotopic (exact) mass is 384 g/mol. The van der Waals surface area contributed by atoms with Gasteiger partial charge in [0.2, 0.25) is 5.91 Å². The van der Waals surface area contributed by atoms with Crippen LogP contribution in [0.3, 0.4) is 0 Å². The van der Waals surface area contributed by atoms with E-state index in [0.29, 0.717) is 13.1 Å².